The molecule has 128 valence electrons. The monoisotopic (exact) mass is 349 g/mol. The van der Waals surface area contributed by atoms with Crippen LogP contribution in [-0.4, -0.2) is 9.55 Å². The Bertz CT molecular complexity index is 1190. The van der Waals surface area contributed by atoms with Crippen molar-refractivity contribution in [3.05, 3.63) is 113 Å². The summed E-state index contributed by atoms with van der Waals surface area (Å²) in [6.45, 7) is 7.44. The van der Waals surface area contributed by atoms with Gasteiger partial charge in [0.15, 0.2) is 5.69 Å². The topological polar surface area (TPSA) is 39.2 Å². The average molecular weight is 349 g/mol. The second-order valence-corrected chi connectivity index (χ2v) is 6.00. The lowest BCUT2D eigenvalue weighted by Gasteiger charge is -2.13. The molecule has 0 aliphatic rings. The second kappa shape index (κ2) is 7.11. The Hall–Kier alpha value is -3.97. The maximum Gasteiger partial charge on any atom is 0.261 e. The van der Waals surface area contributed by atoms with Crippen molar-refractivity contribution in [2.45, 2.75) is 0 Å². The highest BCUT2D eigenvalue weighted by atomic mass is 16.1. The van der Waals surface area contributed by atoms with E-state index in [1.807, 2.05) is 66.7 Å². The van der Waals surface area contributed by atoms with Crippen molar-refractivity contribution in [2.24, 2.45) is 0 Å². The second-order valence-electron chi connectivity index (χ2n) is 6.00. The zero-order valence-electron chi connectivity index (χ0n) is 14.4. The molecular weight excluding hydrogens is 334 g/mol. The maximum atomic E-state index is 13.3. The van der Waals surface area contributed by atoms with Gasteiger partial charge in [-0.05, 0) is 35.9 Å². The number of pyridine rings is 2. The fourth-order valence-electron chi connectivity index (χ4n) is 3.03. The van der Waals surface area contributed by atoms with Crippen LogP contribution in [0.3, 0.4) is 0 Å². The Kier molecular flexibility index (Phi) is 4.34. The maximum absolute atomic E-state index is 13.3. The Balaban J connectivity index is 2.04. The molecule has 4 aromatic rings. The molecule has 2 heterocycles. The molecule has 4 nitrogen and oxygen atoms in total. The first-order valence-electron chi connectivity index (χ1n) is 8.48. The van der Waals surface area contributed by atoms with E-state index in [1.54, 1.807) is 29.1 Å². The van der Waals surface area contributed by atoms with Crippen LogP contribution in [0.2, 0.25) is 0 Å². The number of nitrogens with zero attached hydrogens (tertiary/aromatic N) is 3. The van der Waals surface area contributed by atoms with Gasteiger partial charge in [0, 0.05) is 29.2 Å². The fraction of sp³-hybridized carbons (Fsp3) is 0. The third kappa shape index (κ3) is 3.14. The van der Waals surface area contributed by atoms with E-state index in [4.69, 9.17) is 6.57 Å². The molecule has 0 aliphatic heterocycles. The van der Waals surface area contributed by atoms with Gasteiger partial charge < -0.3 is 0 Å². The number of hydrogen-bond donors (Lipinski definition) is 0. The predicted octanol–water partition coefficient (Wildman–Crippen LogP) is 5.12. The molecule has 4 heteroatoms. The van der Waals surface area contributed by atoms with Crippen molar-refractivity contribution in [1.82, 2.24) is 9.55 Å². The van der Waals surface area contributed by atoms with E-state index in [1.165, 1.54) is 0 Å². The summed E-state index contributed by atoms with van der Waals surface area (Å²) in [4.78, 5) is 21.3. The van der Waals surface area contributed by atoms with Gasteiger partial charge >= 0.3 is 0 Å². The number of para-hydroxylation sites is 2. The van der Waals surface area contributed by atoms with Gasteiger partial charge in [0.1, 0.15) is 0 Å². The molecule has 0 aliphatic carbocycles. The SMILES string of the molecule is [C-]#[N+]c1ccccc1-c1cc(-c2ccccn2)cn(-c2ccccc2)c1=O. The molecule has 0 amide bonds. The summed E-state index contributed by atoms with van der Waals surface area (Å²) in [5, 5.41) is 0. The molecule has 0 radical (unpaired) electrons. The molecule has 27 heavy (non-hydrogen) atoms. The van der Waals surface area contributed by atoms with Gasteiger partial charge in [0.25, 0.3) is 5.56 Å². The summed E-state index contributed by atoms with van der Waals surface area (Å²) >= 11 is 0. The van der Waals surface area contributed by atoms with Gasteiger partial charge in [-0.2, -0.15) is 0 Å². The zero-order chi connectivity index (χ0) is 18.6. The average Bonchev–Trinajstić information content (AvgIpc) is 2.75. The molecular formula is C23H15N3O. The van der Waals surface area contributed by atoms with Crippen LogP contribution >= 0.6 is 0 Å². The first-order chi connectivity index (χ1) is 13.3. The molecule has 0 bridgehead atoms. The third-order valence-electron chi connectivity index (χ3n) is 4.33. The van der Waals surface area contributed by atoms with Gasteiger partial charge in [-0.3, -0.25) is 14.3 Å². The highest BCUT2D eigenvalue weighted by Crippen LogP contribution is 2.30. The summed E-state index contributed by atoms with van der Waals surface area (Å²) in [5.41, 5.74) is 3.73. The van der Waals surface area contributed by atoms with E-state index in [2.05, 4.69) is 9.83 Å². The lowest BCUT2D eigenvalue weighted by atomic mass is 10.0. The van der Waals surface area contributed by atoms with Crippen molar-refractivity contribution in [2.75, 3.05) is 0 Å². The lowest BCUT2D eigenvalue weighted by molar-refractivity contribution is 0.994. The van der Waals surface area contributed by atoms with Crippen molar-refractivity contribution in [3.63, 3.8) is 0 Å². The summed E-state index contributed by atoms with van der Waals surface area (Å²) in [6.07, 6.45) is 3.52. The molecule has 0 fully saturated rings. The van der Waals surface area contributed by atoms with Crippen LogP contribution in [0.4, 0.5) is 5.69 Å². The van der Waals surface area contributed by atoms with Crippen LogP contribution < -0.4 is 5.56 Å². The third-order valence-corrected chi connectivity index (χ3v) is 4.33. The minimum Gasteiger partial charge on any atom is -0.283 e. The smallest absolute Gasteiger partial charge is 0.261 e. The van der Waals surface area contributed by atoms with Gasteiger partial charge in [-0.25, -0.2) is 4.85 Å². The Morgan fingerprint density at radius 2 is 1.59 bits per heavy atom. The van der Waals surface area contributed by atoms with Crippen molar-refractivity contribution >= 4 is 5.69 Å². The quantitative estimate of drug-likeness (QED) is 0.482. The van der Waals surface area contributed by atoms with Crippen molar-refractivity contribution in [1.29, 1.82) is 0 Å². The van der Waals surface area contributed by atoms with Crippen LogP contribution in [0.15, 0.2) is 96.1 Å². The van der Waals surface area contributed by atoms with E-state index in [-0.39, 0.29) is 5.56 Å². The molecule has 2 aromatic heterocycles. The van der Waals surface area contributed by atoms with Gasteiger partial charge in [-0.1, -0.05) is 48.5 Å². The lowest BCUT2D eigenvalue weighted by Crippen LogP contribution is -2.20. The minimum absolute atomic E-state index is 0.169. The van der Waals surface area contributed by atoms with Gasteiger partial charge in [0.2, 0.25) is 0 Å². The molecule has 0 spiro atoms. The van der Waals surface area contributed by atoms with Crippen LogP contribution in [0.1, 0.15) is 0 Å². The highest BCUT2D eigenvalue weighted by molar-refractivity contribution is 5.80. The Morgan fingerprint density at radius 3 is 2.33 bits per heavy atom. The largest absolute Gasteiger partial charge is 0.283 e. The predicted molar refractivity (Wildman–Crippen MR) is 107 cm³/mol. The summed E-state index contributed by atoms with van der Waals surface area (Å²) in [6, 6.07) is 24.1. The van der Waals surface area contributed by atoms with Crippen LogP contribution in [0.25, 0.3) is 32.9 Å². The number of aromatic nitrogens is 2. The molecule has 2 aromatic carbocycles. The fourth-order valence-corrected chi connectivity index (χ4v) is 3.03. The minimum atomic E-state index is -0.169. The highest BCUT2D eigenvalue weighted by Gasteiger charge is 2.14. The van der Waals surface area contributed by atoms with Gasteiger partial charge in [0.05, 0.1) is 12.3 Å². The first-order valence-corrected chi connectivity index (χ1v) is 8.48. The van der Waals surface area contributed by atoms with Crippen LogP contribution in [-0.2, 0) is 0 Å². The standard InChI is InChI=1S/C23H15N3O/c1-24-22-13-6-5-11-19(22)20-15-17(21-12-7-8-14-25-21)16-26(23(20)27)18-9-3-2-4-10-18/h2-16H. The Morgan fingerprint density at radius 1 is 0.852 bits per heavy atom. The molecule has 0 saturated heterocycles. The van der Waals surface area contributed by atoms with Crippen molar-refractivity contribution in [3.8, 4) is 28.1 Å². The van der Waals surface area contributed by atoms with E-state index in [0.29, 0.717) is 16.8 Å². The van der Waals surface area contributed by atoms with E-state index in [0.717, 1.165) is 16.9 Å². The summed E-state index contributed by atoms with van der Waals surface area (Å²) in [5.74, 6) is 0. The normalized spacial score (nSPS) is 10.3. The number of benzene rings is 2. The number of rotatable bonds is 3. The molecule has 0 atom stereocenters. The van der Waals surface area contributed by atoms with Crippen molar-refractivity contribution < 1.29 is 0 Å². The zero-order valence-corrected chi connectivity index (χ0v) is 14.4. The Labute approximate surface area is 156 Å². The molecule has 0 N–H and O–H groups in total. The number of hydrogen-bond acceptors (Lipinski definition) is 2. The van der Waals surface area contributed by atoms with E-state index in [9.17, 15) is 4.79 Å². The van der Waals surface area contributed by atoms with E-state index < -0.39 is 0 Å². The summed E-state index contributed by atoms with van der Waals surface area (Å²) < 4.78 is 1.61. The van der Waals surface area contributed by atoms with Gasteiger partial charge in [-0.15, -0.1) is 0 Å². The molecule has 0 saturated carbocycles. The molecule has 4 rings (SSSR count). The summed E-state index contributed by atoms with van der Waals surface area (Å²) in [7, 11) is 0. The van der Waals surface area contributed by atoms with E-state index >= 15 is 0 Å². The first kappa shape index (κ1) is 16.5. The van der Waals surface area contributed by atoms with Crippen LogP contribution in [0.5, 0.6) is 0 Å². The van der Waals surface area contributed by atoms with Crippen LogP contribution in [0, 0.1) is 6.57 Å². The molecule has 0 unspecified atom stereocenters.